The van der Waals surface area contributed by atoms with E-state index in [1.54, 1.807) is 19.9 Å². The predicted octanol–water partition coefficient (Wildman–Crippen LogP) is 0.553. The topological polar surface area (TPSA) is 73.1 Å². The highest BCUT2D eigenvalue weighted by molar-refractivity contribution is 5.35. The summed E-state index contributed by atoms with van der Waals surface area (Å²) in [5.41, 5.74) is 1.69. The molecule has 0 saturated heterocycles. The van der Waals surface area contributed by atoms with Crippen molar-refractivity contribution in [3.05, 3.63) is 12.4 Å². The Bertz CT molecular complexity index is 356. The second-order valence-electron chi connectivity index (χ2n) is 3.14. The number of aromatic nitrogens is 2. The maximum atomic E-state index is 5.41. The van der Waals surface area contributed by atoms with Gasteiger partial charge in [-0.2, -0.15) is 0 Å². The van der Waals surface area contributed by atoms with Gasteiger partial charge in [-0.05, 0) is 13.8 Å². The standard InChI is InChI=1S/C9H12N4O/c1-4-9(2,3)14-8-5-7(13-10)11-6-12-8/h1,5-6H,10H2,2-3H3,(H,11,12,13). The second-order valence-corrected chi connectivity index (χ2v) is 3.14. The fourth-order valence-electron chi connectivity index (χ4n) is 0.765. The van der Waals surface area contributed by atoms with Crippen LogP contribution in [0.25, 0.3) is 0 Å². The van der Waals surface area contributed by atoms with E-state index in [0.29, 0.717) is 11.7 Å². The normalized spacial score (nSPS) is 10.4. The number of nitrogens with zero attached hydrogens (tertiary/aromatic N) is 2. The molecule has 0 aliphatic carbocycles. The molecule has 0 atom stereocenters. The Balaban J connectivity index is 2.83. The number of nitrogens with two attached hydrogens (primary N) is 1. The molecular formula is C9H12N4O. The number of anilines is 1. The lowest BCUT2D eigenvalue weighted by atomic mass is 10.1. The van der Waals surface area contributed by atoms with Crippen LogP contribution >= 0.6 is 0 Å². The molecule has 0 aliphatic rings. The zero-order chi connectivity index (χ0) is 10.6. The summed E-state index contributed by atoms with van der Waals surface area (Å²) < 4.78 is 5.41. The molecule has 0 saturated carbocycles. The number of nitrogens with one attached hydrogen (secondary N) is 1. The summed E-state index contributed by atoms with van der Waals surface area (Å²) in [5, 5.41) is 0. The van der Waals surface area contributed by atoms with Crippen LogP contribution in [0.4, 0.5) is 5.82 Å². The number of hydrogen-bond donors (Lipinski definition) is 2. The van der Waals surface area contributed by atoms with Crippen molar-refractivity contribution in [3.8, 4) is 18.2 Å². The van der Waals surface area contributed by atoms with Gasteiger partial charge in [0, 0.05) is 6.07 Å². The minimum Gasteiger partial charge on any atom is -0.458 e. The monoisotopic (exact) mass is 192 g/mol. The van der Waals surface area contributed by atoms with E-state index < -0.39 is 5.60 Å². The first kappa shape index (κ1) is 10.3. The SMILES string of the molecule is C#CC(C)(C)Oc1cc(NN)ncn1. The van der Waals surface area contributed by atoms with Gasteiger partial charge in [-0.25, -0.2) is 15.8 Å². The molecule has 0 fully saturated rings. The van der Waals surface area contributed by atoms with Crippen LogP contribution < -0.4 is 16.0 Å². The molecule has 0 aliphatic heterocycles. The van der Waals surface area contributed by atoms with Gasteiger partial charge >= 0.3 is 0 Å². The molecule has 0 amide bonds. The van der Waals surface area contributed by atoms with Crippen LogP contribution in [0.3, 0.4) is 0 Å². The fourth-order valence-corrected chi connectivity index (χ4v) is 0.765. The van der Waals surface area contributed by atoms with E-state index >= 15 is 0 Å². The summed E-state index contributed by atoms with van der Waals surface area (Å²) in [7, 11) is 0. The average Bonchev–Trinajstić information content (AvgIpc) is 2.17. The molecule has 0 aromatic carbocycles. The molecule has 1 heterocycles. The van der Waals surface area contributed by atoms with Gasteiger partial charge in [-0.15, -0.1) is 6.42 Å². The first-order valence-corrected chi connectivity index (χ1v) is 4.03. The van der Waals surface area contributed by atoms with Crippen LogP contribution in [-0.4, -0.2) is 15.6 Å². The van der Waals surface area contributed by atoms with Crippen LogP contribution in [0.5, 0.6) is 5.88 Å². The van der Waals surface area contributed by atoms with Gasteiger partial charge in [0.1, 0.15) is 12.1 Å². The fraction of sp³-hybridized carbons (Fsp3) is 0.333. The summed E-state index contributed by atoms with van der Waals surface area (Å²) in [5.74, 6) is 8.53. The third kappa shape index (κ3) is 2.61. The highest BCUT2D eigenvalue weighted by Gasteiger charge is 2.16. The molecule has 3 N–H and O–H groups in total. The molecule has 14 heavy (non-hydrogen) atoms. The van der Waals surface area contributed by atoms with Crippen molar-refractivity contribution in [3.63, 3.8) is 0 Å². The molecule has 0 unspecified atom stereocenters. The lowest BCUT2D eigenvalue weighted by Gasteiger charge is -2.19. The van der Waals surface area contributed by atoms with E-state index in [-0.39, 0.29) is 0 Å². The van der Waals surface area contributed by atoms with E-state index in [1.807, 2.05) is 0 Å². The molecule has 1 aromatic rings. The van der Waals surface area contributed by atoms with Crippen LogP contribution in [0.1, 0.15) is 13.8 Å². The summed E-state index contributed by atoms with van der Waals surface area (Å²) in [6.07, 6.45) is 6.61. The van der Waals surface area contributed by atoms with Crippen molar-refractivity contribution >= 4 is 5.82 Å². The summed E-state index contributed by atoms with van der Waals surface area (Å²) in [6.45, 7) is 3.54. The van der Waals surface area contributed by atoms with Gasteiger partial charge < -0.3 is 10.2 Å². The van der Waals surface area contributed by atoms with E-state index in [0.717, 1.165) is 0 Å². The van der Waals surface area contributed by atoms with Gasteiger partial charge in [0.15, 0.2) is 5.60 Å². The molecular weight excluding hydrogens is 180 g/mol. The third-order valence-electron chi connectivity index (χ3n) is 1.50. The first-order valence-electron chi connectivity index (χ1n) is 4.03. The van der Waals surface area contributed by atoms with Crippen molar-refractivity contribution in [2.75, 3.05) is 5.43 Å². The number of rotatable bonds is 3. The third-order valence-corrected chi connectivity index (χ3v) is 1.50. The van der Waals surface area contributed by atoms with E-state index in [4.69, 9.17) is 17.0 Å². The number of terminal acetylenes is 1. The Labute approximate surface area is 82.7 Å². The van der Waals surface area contributed by atoms with Gasteiger partial charge in [0.05, 0.1) is 0 Å². The molecule has 0 bridgehead atoms. The largest absolute Gasteiger partial charge is 0.458 e. The lowest BCUT2D eigenvalue weighted by Crippen LogP contribution is -2.26. The van der Waals surface area contributed by atoms with Gasteiger partial charge in [0.2, 0.25) is 5.88 Å². The minimum atomic E-state index is -0.694. The molecule has 1 aromatic heterocycles. The van der Waals surface area contributed by atoms with Crippen molar-refractivity contribution in [2.24, 2.45) is 5.84 Å². The highest BCUT2D eigenvalue weighted by atomic mass is 16.5. The predicted molar refractivity (Wildman–Crippen MR) is 53.4 cm³/mol. The Morgan fingerprint density at radius 2 is 2.29 bits per heavy atom. The van der Waals surface area contributed by atoms with Gasteiger partial charge in [-0.1, -0.05) is 5.92 Å². The molecule has 5 heteroatoms. The van der Waals surface area contributed by atoms with Crippen molar-refractivity contribution in [1.29, 1.82) is 0 Å². The number of ether oxygens (including phenoxy) is 1. The zero-order valence-electron chi connectivity index (χ0n) is 8.11. The van der Waals surface area contributed by atoms with E-state index in [9.17, 15) is 0 Å². The highest BCUT2D eigenvalue weighted by Crippen LogP contribution is 2.16. The average molecular weight is 192 g/mol. The molecule has 0 radical (unpaired) electrons. The summed E-state index contributed by atoms with van der Waals surface area (Å²) >= 11 is 0. The molecule has 1 rings (SSSR count). The van der Waals surface area contributed by atoms with Crippen LogP contribution in [0, 0.1) is 12.3 Å². The van der Waals surface area contributed by atoms with Crippen molar-refractivity contribution in [1.82, 2.24) is 9.97 Å². The maximum absolute atomic E-state index is 5.41. The molecule has 0 spiro atoms. The maximum Gasteiger partial charge on any atom is 0.220 e. The van der Waals surface area contributed by atoms with Crippen LogP contribution in [0.2, 0.25) is 0 Å². The van der Waals surface area contributed by atoms with Gasteiger partial charge in [-0.3, -0.25) is 0 Å². The zero-order valence-corrected chi connectivity index (χ0v) is 8.11. The Kier molecular flexibility index (Phi) is 2.89. The number of hydrogen-bond acceptors (Lipinski definition) is 5. The van der Waals surface area contributed by atoms with E-state index in [2.05, 4.69) is 21.3 Å². The molecule has 74 valence electrons. The summed E-state index contributed by atoms with van der Waals surface area (Å²) in [4.78, 5) is 7.73. The number of nitrogen functional groups attached to an aromatic ring is 1. The summed E-state index contributed by atoms with van der Waals surface area (Å²) in [6, 6.07) is 1.57. The Hall–Kier alpha value is -1.80. The van der Waals surface area contributed by atoms with Crippen molar-refractivity contribution < 1.29 is 4.74 Å². The quantitative estimate of drug-likeness (QED) is 0.415. The smallest absolute Gasteiger partial charge is 0.220 e. The lowest BCUT2D eigenvalue weighted by molar-refractivity contribution is 0.164. The van der Waals surface area contributed by atoms with Crippen molar-refractivity contribution in [2.45, 2.75) is 19.4 Å². The number of hydrazine groups is 1. The second kappa shape index (κ2) is 3.94. The first-order chi connectivity index (χ1) is 6.57. The minimum absolute atomic E-state index is 0.385. The van der Waals surface area contributed by atoms with E-state index in [1.165, 1.54) is 6.33 Å². The Morgan fingerprint density at radius 3 is 2.86 bits per heavy atom. The Morgan fingerprint density at radius 1 is 1.57 bits per heavy atom. The van der Waals surface area contributed by atoms with Gasteiger partial charge in [0.25, 0.3) is 0 Å². The van der Waals surface area contributed by atoms with Crippen LogP contribution in [-0.2, 0) is 0 Å². The molecule has 5 nitrogen and oxygen atoms in total. The van der Waals surface area contributed by atoms with Crippen LogP contribution in [0.15, 0.2) is 12.4 Å².